The molecule has 0 aliphatic heterocycles. The normalized spacial score (nSPS) is 20.4. The van der Waals surface area contributed by atoms with Gasteiger partial charge in [-0.05, 0) is 44.4 Å². The molecule has 3 heteroatoms. The molecule has 0 fully saturated rings. The number of hydrogen-bond acceptors (Lipinski definition) is 3. The van der Waals surface area contributed by atoms with Gasteiger partial charge in [0.2, 0.25) is 0 Å². The highest BCUT2D eigenvalue weighted by Crippen LogP contribution is 2.32. The van der Waals surface area contributed by atoms with Crippen LogP contribution in [0.4, 0.5) is 0 Å². The number of nitrogens with one attached hydrogen (secondary N) is 1. The van der Waals surface area contributed by atoms with Crippen LogP contribution in [0.15, 0.2) is 18.3 Å². The smallest absolute Gasteiger partial charge is 0.0626 e. The van der Waals surface area contributed by atoms with E-state index in [9.17, 15) is 0 Å². The molecular weight excluding hydrogens is 224 g/mol. The standard InChI is InChI=1S/C15H24N2O/c1-3-10-18-11-14(16-2)13-8-4-6-12-7-5-9-17-15(12)13/h5,7,9,13-14,16H,3-4,6,8,10-11H2,1-2H3. The van der Waals surface area contributed by atoms with E-state index in [4.69, 9.17) is 4.74 Å². The summed E-state index contributed by atoms with van der Waals surface area (Å²) < 4.78 is 5.71. The van der Waals surface area contributed by atoms with Gasteiger partial charge >= 0.3 is 0 Å². The first kappa shape index (κ1) is 13.5. The third-order valence-corrected chi connectivity index (χ3v) is 3.74. The molecule has 100 valence electrons. The van der Waals surface area contributed by atoms with Crippen molar-refractivity contribution in [2.24, 2.45) is 0 Å². The van der Waals surface area contributed by atoms with Crippen LogP contribution in [0.3, 0.4) is 0 Å². The number of ether oxygens (including phenoxy) is 1. The Balaban J connectivity index is 2.07. The largest absolute Gasteiger partial charge is 0.380 e. The van der Waals surface area contributed by atoms with E-state index in [1.165, 1.54) is 30.5 Å². The van der Waals surface area contributed by atoms with Gasteiger partial charge in [-0.1, -0.05) is 13.0 Å². The van der Waals surface area contributed by atoms with Gasteiger partial charge in [0.05, 0.1) is 6.61 Å². The molecule has 2 rings (SSSR count). The molecule has 0 spiro atoms. The highest BCUT2D eigenvalue weighted by Gasteiger charge is 2.28. The Bertz CT molecular complexity index is 367. The second-order valence-electron chi connectivity index (χ2n) is 5.02. The number of hydrogen-bond donors (Lipinski definition) is 1. The lowest BCUT2D eigenvalue weighted by atomic mass is 9.82. The predicted octanol–water partition coefficient (Wildman–Crippen LogP) is 2.52. The summed E-state index contributed by atoms with van der Waals surface area (Å²) in [6, 6.07) is 4.64. The number of pyridine rings is 1. The zero-order valence-electron chi connectivity index (χ0n) is 11.5. The average Bonchev–Trinajstić information content (AvgIpc) is 2.43. The summed E-state index contributed by atoms with van der Waals surface area (Å²) in [5, 5.41) is 3.41. The van der Waals surface area contributed by atoms with E-state index in [1.54, 1.807) is 0 Å². The SMILES string of the molecule is CCCOCC(NC)C1CCCc2cccnc21. The number of aromatic nitrogens is 1. The second kappa shape index (κ2) is 6.86. The summed E-state index contributed by atoms with van der Waals surface area (Å²) >= 11 is 0. The van der Waals surface area contributed by atoms with Crippen LogP contribution >= 0.6 is 0 Å². The monoisotopic (exact) mass is 248 g/mol. The van der Waals surface area contributed by atoms with Crippen molar-refractivity contribution in [3.05, 3.63) is 29.6 Å². The van der Waals surface area contributed by atoms with Crippen LogP contribution in [0.25, 0.3) is 0 Å². The third kappa shape index (κ3) is 3.09. The lowest BCUT2D eigenvalue weighted by Crippen LogP contribution is -2.38. The molecule has 3 nitrogen and oxygen atoms in total. The summed E-state index contributed by atoms with van der Waals surface area (Å²) in [6.07, 6.45) is 6.64. The number of fused-ring (bicyclic) bond motifs is 1. The fraction of sp³-hybridized carbons (Fsp3) is 0.667. The fourth-order valence-electron chi connectivity index (χ4n) is 2.79. The van der Waals surface area contributed by atoms with Crippen LogP contribution in [-0.4, -0.2) is 31.3 Å². The molecule has 2 unspecified atom stereocenters. The van der Waals surface area contributed by atoms with Gasteiger partial charge in [0, 0.05) is 30.5 Å². The first-order valence-electron chi connectivity index (χ1n) is 7.05. The second-order valence-corrected chi connectivity index (χ2v) is 5.02. The molecular formula is C15H24N2O. The molecule has 1 aromatic heterocycles. The molecule has 1 aliphatic rings. The van der Waals surface area contributed by atoms with Crippen molar-refractivity contribution in [3.8, 4) is 0 Å². The van der Waals surface area contributed by atoms with Gasteiger partial charge in [0.1, 0.15) is 0 Å². The Morgan fingerprint density at radius 1 is 1.56 bits per heavy atom. The number of likely N-dealkylation sites (N-methyl/N-ethyl adjacent to an activating group) is 1. The van der Waals surface area contributed by atoms with Gasteiger partial charge < -0.3 is 10.1 Å². The molecule has 1 N–H and O–H groups in total. The van der Waals surface area contributed by atoms with Crippen LogP contribution in [0.5, 0.6) is 0 Å². The number of rotatable bonds is 6. The van der Waals surface area contributed by atoms with Crippen LogP contribution in [0.2, 0.25) is 0 Å². The number of aryl methyl sites for hydroxylation is 1. The average molecular weight is 248 g/mol. The molecule has 18 heavy (non-hydrogen) atoms. The summed E-state index contributed by atoms with van der Waals surface area (Å²) in [5.41, 5.74) is 2.70. The summed E-state index contributed by atoms with van der Waals surface area (Å²) in [7, 11) is 2.02. The first-order chi connectivity index (χ1) is 8.86. The molecule has 0 amide bonds. The molecule has 0 radical (unpaired) electrons. The van der Waals surface area contributed by atoms with Crippen molar-refractivity contribution in [2.45, 2.75) is 44.6 Å². The van der Waals surface area contributed by atoms with Crippen LogP contribution in [-0.2, 0) is 11.2 Å². The van der Waals surface area contributed by atoms with Gasteiger partial charge in [-0.25, -0.2) is 0 Å². The minimum Gasteiger partial charge on any atom is -0.380 e. The molecule has 0 bridgehead atoms. The van der Waals surface area contributed by atoms with E-state index in [0.29, 0.717) is 12.0 Å². The molecule has 2 atom stereocenters. The minimum atomic E-state index is 0.380. The van der Waals surface area contributed by atoms with E-state index < -0.39 is 0 Å². The van der Waals surface area contributed by atoms with Crippen molar-refractivity contribution < 1.29 is 4.74 Å². The Labute approximate surface area is 110 Å². The third-order valence-electron chi connectivity index (χ3n) is 3.74. The van der Waals surface area contributed by atoms with Crippen molar-refractivity contribution in [1.29, 1.82) is 0 Å². The molecule has 0 saturated heterocycles. The van der Waals surface area contributed by atoms with Crippen molar-refractivity contribution >= 4 is 0 Å². The van der Waals surface area contributed by atoms with Crippen molar-refractivity contribution in [3.63, 3.8) is 0 Å². The van der Waals surface area contributed by atoms with E-state index in [0.717, 1.165) is 19.6 Å². The van der Waals surface area contributed by atoms with E-state index in [1.807, 2.05) is 19.3 Å². The van der Waals surface area contributed by atoms with Crippen molar-refractivity contribution in [1.82, 2.24) is 10.3 Å². The lowest BCUT2D eigenvalue weighted by molar-refractivity contribution is 0.103. The number of nitrogens with zero attached hydrogens (tertiary/aromatic N) is 1. The Hall–Kier alpha value is -0.930. The molecule has 1 aromatic rings. The van der Waals surface area contributed by atoms with Gasteiger partial charge in [-0.15, -0.1) is 0 Å². The Kier molecular flexibility index (Phi) is 5.14. The predicted molar refractivity (Wildman–Crippen MR) is 73.9 cm³/mol. The summed E-state index contributed by atoms with van der Waals surface area (Å²) in [4.78, 5) is 4.60. The molecule has 0 saturated carbocycles. The van der Waals surface area contributed by atoms with Gasteiger partial charge in [0.25, 0.3) is 0 Å². The van der Waals surface area contributed by atoms with Crippen molar-refractivity contribution in [2.75, 3.05) is 20.3 Å². The fourth-order valence-corrected chi connectivity index (χ4v) is 2.79. The maximum absolute atomic E-state index is 5.71. The van der Waals surface area contributed by atoms with Gasteiger partial charge in [0.15, 0.2) is 0 Å². The van der Waals surface area contributed by atoms with Gasteiger partial charge in [-0.3, -0.25) is 4.98 Å². The van der Waals surface area contributed by atoms with E-state index >= 15 is 0 Å². The zero-order valence-corrected chi connectivity index (χ0v) is 11.5. The summed E-state index contributed by atoms with van der Waals surface area (Å²) in [5.74, 6) is 0.497. The molecule has 1 aliphatic carbocycles. The van der Waals surface area contributed by atoms with Crippen LogP contribution in [0.1, 0.15) is 43.4 Å². The highest BCUT2D eigenvalue weighted by atomic mass is 16.5. The molecule has 1 heterocycles. The zero-order chi connectivity index (χ0) is 12.8. The lowest BCUT2D eigenvalue weighted by Gasteiger charge is -2.31. The minimum absolute atomic E-state index is 0.380. The topological polar surface area (TPSA) is 34.1 Å². The molecule has 0 aromatic carbocycles. The Morgan fingerprint density at radius 3 is 3.22 bits per heavy atom. The highest BCUT2D eigenvalue weighted by molar-refractivity contribution is 5.27. The van der Waals surface area contributed by atoms with E-state index in [2.05, 4.69) is 23.3 Å². The maximum atomic E-state index is 5.71. The Morgan fingerprint density at radius 2 is 2.44 bits per heavy atom. The quantitative estimate of drug-likeness (QED) is 0.786. The first-order valence-corrected chi connectivity index (χ1v) is 7.05. The summed E-state index contributed by atoms with van der Waals surface area (Å²) in [6.45, 7) is 3.77. The van der Waals surface area contributed by atoms with Gasteiger partial charge in [-0.2, -0.15) is 0 Å². The maximum Gasteiger partial charge on any atom is 0.0626 e. The van der Waals surface area contributed by atoms with E-state index in [-0.39, 0.29) is 0 Å². The van der Waals surface area contributed by atoms with Crippen LogP contribution in [0, 0.1) is 0 Å². The van der Waals surface area contributed by atoms with Crippen LogP contribution < -0.4 is 5.32 Å².